The fourth-order valence-electron chi connectivity index (χ4n) is 2.66. The third-order valence-corrected chi connectivity index (χ3v) is 4.38. The second-order valence-electron chi connectivity index (χ2n) is 5.58. The monoisotopic (exact) mass is 376 g/mol. The molecule has 0 atom stereocenters. The summed E-state index contributed by atoms with van der Waals surface area (Å²) in [5.41, 5.74) is 13.7. The largest absolute Gasteiger partial charge is 0.450 e. The second kappa shape index (κ2) is 8.11. The van der Waals surface area contributed by atoms with Gasteiger partial charge in [0, 0.05) is 38.2 Å². The van der Waals surface area contributed by atoms with Crippen molar-refractivity contribution in [3.8, 4) is 5.75 Å². The van der Waals surface area contributed by atoms with Crippen LogP contribution in [-0.4, -0.2) is 43.3 Å². The third-order valence-electron chi connectivity index (χ3n) is 4.01. The zero-order valence-corrected chi connectivity index (χ0v) is 15.2. The van der Waals surface area contributed by atoms with Crippen LogP contribution in [0.25, 0.3) is 5.76 Å². The molecule has 1 aliphatic rings. The molecule has 1 fully saturated rings. The maximum Gasteiger partial charge on any atom is 0.168 e. The minimum absolute atomic E-state index is 0.288. The number of morpholine rings is 1. The highest BCUT2D eigenvalue weighted by molar-refractivity contribution is 6.35. The van der Waals surface area contributed by atoms with Crippen molar-refractivity contribution in [2.45, 2.75) is 0 Å². The highest BCUT2D eigenvalue weighted by Crippen LogP contribution is 2.36. The number of ether oxygens (including phenoxy) is 2. The smallest absolute Gasteiger partial charge is 0.168 e. The van der Waals surface area contributed by atoms with Crippen LogP contribution in [0.3, 0.4) is 0 Å². The highest BCUT2D eigenvalue weighted by Gasteiger charge is 2.16. The van der Waals surface area contributed by atoms with Crippen molar-refractivity contribution in [1.29, 1.82) is 0 Å². The number of nitrogens with zero attached hydrogens (tertiary/aromatic N) is 3. The van der Waals surface area contributed by atoms with E-state index < -0.39 is 0 Å². The summed E-state index contributed by atoms with van der Waals surface area (Å²) in [5, 5.41) is 3.23. The number of aromatic nitrogens is 2. The van der Waals surface area contributed by atoms with E-state index in [0.717, 1.165) is 18.8 Å². The van der Waals surface area contributed by atoms with Gasteiger partial charge >= 0.3 is 0 Å². The molecule has 26 heavy (non-hydrogen) atoms. The van der Waals surface area contributed by atoms with Crippen LogP contribution >= 0.6 is 11.6 Å². The van der Waals surface area contributed by atoms with E-state index in [2.05, 4.69) is 20.2 Å². The molecule has 2 aromatic heterocycles. The van der Waals surface area contributed by atoms with E-state index in [-0.39, 0.29) is 5.82 Å². The molecule has 5 N–H and O–H groups in total. The van der Waals surface area contributed by atoms with Gasteiger partial charge in [0.1, 0.15) is 16.5 Å². The normalized spacial score (nSPS) is 15.0. The summed E-state index contributed by atoms with van der Waals surface area (Å²) in [4.78, 5) is 10.7. The van der Waals surface area contributed by atoms with Crippen LogP contribution in [0.4, 0.5) is 17.2 Å². The average Bonchev–Trinajstić information content (AvgIpc) is 2.69. The Hall–Kier alpha value is -2.71. The van der Waals surface area contributed by atoms with Crippen molar-refractivity contribution in [3.05, 3.63) is 41.4 Å². The first-order chi connectivity index (χ1) is 12.6. The molecule has 0 bridgehead atoms. The number of nitrogens with one attached hydrogen (secondary N) is 1. The number of halogens is 1. The molecule has 8 nitrogen and oxygen atoms in total. The molecule has 0 radical (unpaired) electrons. The molecule has 0 spiro atoms. The van der Waals surface area contributed by atoms with Crippen molar-refractivity contribution in [1.82, 2.24) is 9.97 Å². The van der Waals surface area contributed by atoms with E-state index in [4.69, 9.17) is 32.5 Å². The minimum Gasteiger partial charge on any atom is -0.450 e. The molecule has 1 saturated heterocycles. The lowest BCUT2D eigenvalue weighted by Gasteiger charge is -2.29. The molecule has 0 unspecified atom stereocenters. The van der Waals surface area contributed by atoms with E-state index >= 15 is 0 Å². The molecule has 2 aromatic rings. The number of hydrogen-bond acceptors (Lipinski definition) is 8. The van der Waals surface area contributed by atoms with E-state index in [9.17, 15) is 0 Å². The Morgan fingerprint density at radius 3 is 2.85 bits per heavy atom. The fraction of sp³-hybridized carbons (Fsp3) is 0.294. The number of rotatable bonds is 5. The Labute approximate surface area is 156 Å². The summed E-state index contributed by atoms with van der Waals surface area (Å²) in [6.45, 7) is 3.05. The lowest BCUT2D eigenvalue weighted by Crippen LogP contribution is -2.36. The van der Waals surface area contributed by atoms with Crippen LogP contribution in [0.1, 0.15) is 5.69 Å². The molecule has 1 aliphatic heterocycles. The van der Waals surface area contributed by atoms with Crippen LogP contribution < -0.4 is 26.4 Å². The summed E-state index contributed by atoms with van der Waals surface area (Å²) in [5.74, 6) is 0.992. The zero-order valence-electron chi connectivity index (χ0n) is 14.4. The molecule has 0 aromatic carbocycles. The number of anilines is 3. The predicted molar refractivity (Wildman–Crippen MR) is 103 cm³/mol. The van der Waals surface area contributed by atoms with Crippen LogP contribution in [-0.2, 0) is 4.74 Å². The molecular weight excluding hydrogens is 356 g/mol. The number of hydrogen-bond donors (Lipinski definition) is 3. The lowest BCUT2D eigenvalue weighted by molar-refractivity contribution is 0.122. The van der Waals surface area contributed by atoms with Gasteiger partial charge in [-0.1, -0.05) is 11.6 Å². The Morgan fingerprint density at radius 1 is 1.38 bits per heavy atom. The van der Waals surface area contributed by atoms with Gasteiger partial charge in [0.05, 0.1) is 25.1 Å². The van der Waals surface area contributed by atoms with E-state index in [1.54, 1.807) is 13.2 Å². The van der Waals surface area contributed by atoms with E-state index in [0.29, 0.717) is 41.1 Å². The summed E-state index contributed by atoms with van der Waals surface area (Å²) in [7, 11) is 1.70. The number of nitrogens with two attached hydrogens (primary N) is 2. The number of pyridine rings is 2. The fourth-order valence-corrected chi connectivity index (χ4v) is 2.94. The summed E-state index contributed by atoms with van der Waals surface area (Å²) < 4.78 is 11.3. The lowest BCUT2D eigenvalue weighted by atomic mass is 10.2. The second-order valence-corrected chi connectivity index (χ2v) is 5.96. The van der Waals surface area contributed by atoms with Gasteiger partial charge in [-0.15, -0.1) is 0 Å². The van der Waals surface area contributed by atoms with Gasteiger partial charge in [-0.2, -0.15) is 0 Å². The molecule has 138 valence electrons. The summed E-state index contributed by atoms with van der Waals surface area (Å²) >= 11 is 6.34. The minimum atomic E-state index is 0.288. The highest BCUT2D eigenvalue weighted by atomic mass is 35.5. The standard InChI is InChI=1S/C17H21ClN6O2/c1-21-16-15(18)14(10-23-17(16)20)26-13(9-19)12-8-11(2-3-22-12)24-4-6-25-7-5-24/h2-3,8-10,21H,4-7,19H2,1H3,(H2,20,23). The van der Waals surface area contributed by atoms with Crippen LogP contribution in [0.2, 0.25) is 5.02 Å². The van der Waals surface area contributed by atoms with E-state index in [1.165, 1.54) is 12.4 Å². The molecule has 0 aliphatic carbocycles. The van der Waals surface area contributed by atoms with Crippen molar-refractivity contribution >= 4 is 34.6 Å². The Balaban J connectivity index is 1.86. The molecule has 3 heterocycles. The maximum absolute atomic E-state index is 6.34. The topological polar surface area (TPSA) is 112 Å². The summed E-state index contributed by atoms with van der Waals surface area (Å²) in [6, 6.07) is 3.86. The quantitative estimate of drug-likeness (QED) is 0.678. The maximum atomic E-state index is 6.34. The predicted octanol–water partition coefficient (Wildman–Crippen LogP) is 1.93. The van der Waals surface area contributed by atoms with Gasteiger partial charge in [-0.3, -0.25) is 4.98 Å². The van der Waals surface area contributed by atoms with Gasteiger partial charge in [0.25, 0.3) is 0 Å². The molecule has 0 saturated carbocycles. The SMILES string of the molecule is CNc1c(N)ncc(OC(=CN)c2cc(N3CCOCC3)ccn2)c1Cl. The Kier molecular flexibility index (Phi) is 5.65. The molecular formula is C17H21ClN6O2. The van der Waals surface area contributed by atoms with E-state index in [1.807, 2.05) is 12.1 Å². The van der Waals surface area contributed by atoms with Crippen molar-refractivity contribution < 1.29 is 9.47 Å². The van der Waals surface area contributed by atoms with Gasteiger partial charge in [-0.05, 0) is 12.1 Å². The van der Waals surface area contributed by atoms with Gasteiger partial charge in [-0.25, -0.2) is 4.98 Å². The van der Waals surface area contributed by atoms with Crippen LogP contribution in [0, 0.1) is 0 Å². The van der Waals surface area contributed by atoms with Crippen molar-refractivity contribution in [2.24, 2.45) is 5.73 Å². The molecule has 0 amide bonds. The first-order valence-electron chi connectivity index (χ1n) is 8.14. The van der Waals surface area contributed by atoms with Crippen molar-refractivity contribution in [2.75, 3.05) is 49.3 Å². The van der Waals surface area contributed by atoms with Gasteiger partial charge < -0.3 is 31.2 Å². The summed E-state index contributed by atoms with van der Waals surface area (Å²) in [6.07, 6.45) is 4.51. The van der Waals surface area contributed by atoms with Gasteiger partial charge in [0.15, 0.2) is 11.5 Å². The molecule has 3 rings (SSSR count). The number of nitrogen functional groups attached to an aromatic ring is 1. The molecule has 9 heteroatoms. The average molecular weight is 377 g/mol. The zero-order chi connectivity index (χ0) is 18.5. The van der Waals surface area contributed by atoms with Gasteiger partial charge in [0.2, 0.25) is 0 Å². The van der Waals surface area contributed by atoms with Crippen LogP contribution in [0.15, 0.2) is 30.7 Å². The first-order valence-corrected chi connectivity index (χ1v) is 8.52. The first kappa shape index (κ1) is 18.1. The third kappa shape index (κ3) is 3.76. The van der Waals surface area contributed by atoms with Crippen molar-refractivity contribution in [3.63, 3.8) is 0 Å². The Morgan fingerprint density at radius 2 is 2.15 bits per heavy atom. The Bertz CT molecular complexity index is 808. The van der Waals surface area contributed by atoms with Crippen LogP contribution in [0.5, 0.6) is 5.75 Å².